The Balaban J connectivity index is 1.98. The van der Waals surface area contributed by atoms with Gasteiger partial charge in [-0.15, -0.1) is 0 Å². The Morgan fingerprint density at radius 3 is 2.41 bits per heavy atom. The molecule has 8 heteroatoms. The van der Waals surface area contributed by atoms with Crippen molar-refractivity contribution in [2.75, 3.05) is 13.1 Å². The van der Waals surface area contributed by atoms with Crippen LogP contribution in [-0.2, 0) is 11.2 Å². The highest BCUT2D eigenvalue weighted by molar-refractivity contribution is 6.31. The van der Waals surface area contributed by atoms with Gasteiger partial charge >= 0.3 is 6.18 Å². The summed E-state index contributed by atoms with van der Waals surface area (Å²) in [7, 11) is 0. The van der Waals surface area contributed by atoms with E-state index in [9.17, 15) is 27.5 Å². The SMILES string of the molecule is O=C(Cc1ccc(F)cc1Cl)N1CCC(O)(C(F)(F)F)CC1. The number of amides is 1. The molecule has 1 aromatic carbocycles. The van der Waals surface area contributed by atoms with Crippen molar-refractivity contribution in [2.45, 2.75) is 31.0 Å². The van der Waals surface area contributed by atoms with Crippen LogP contribution in [0.3, 0.4) is 0 Å². The fraction of sp³-hybridized carbons (Fsp3) is 0.500. The second-order valence-electron chi connectivity index (χ2n) is 5.32. The van der Waals surface area contributed by atoms with Crippen molar-refractivity contribution in [1.82, 2.24) is 4.90 Å². The first-order valence-corrected chi connectivity index (χ1v) is 7.01. The van der Waals surface area contributed by atoms with Crippen LogP contribution in [0.5, 0.6) is 0 Å². The highest BCUT2D eigenvalue weighted by Gasteiger charge is 2.54. The quantitative estimate of drug-likeness (QED) is 0.842. The van der Waals surface area contributed by atoms with Gasteiger partial charge in [-0.05, 0) is 17.7 Å². The second kappa shape index (κ2) is 6.04. The zero-order valence-electron chi connectivity index (χ0n) is 11.5. The molecule has 22 heavy (non-hydrogen) atoms. The van der Waals surface area contributed by atoms with E-state index in [4.69, 9.17) is 11.6 Å². The molecule has 1 N–H and O–H groups in total. The zero-order chi connectivity index (χ0) is 16.5. The normalized spacial score (nSPS) is 18.4. The highest BCUT2D eigenvalue weighted by atomic mass is 35.5. The van der Waals surface area contributed by atoms with Gasteiger partial charge in [0.25, 0.3) is 0 Å². The lowest BCUT2D eigenvalue weighted by Crippen LogP contribution is -2.54. The van der Waals surface area contributed by atoms with Crippen LogP contribution in [-0.4, -0.2) is 40.8 Å². The fourth-order valence-electron chi connectivity index (χ4n) is 2.35. The first-order valence-electron chi connectivity index (χ1n) is 6.63. The number of alkyl halides is 3. The molecule has 1 saturated heterocycles. The van der Waals surface area contributed by atoms with E-state index in [1.54, 1.807) is 0 Å². The molecule has 1 heterocycles. The van der Waals surface area contributed by atoms with Gasteiger partial charge in [0.1, 0.15) is 5.82 Å². The summed E-state index contributed by atoms with van der Waals surface area (Å²) in [5.74, 6) is -0.938. The van der Waals surface area contributed by atoms with Gasteiger partial charge in [0.05, 0.1) is 6.42 Å². The van der Waals surface area contributed by atoms with Crippen molar-refractivity contribution in [3.8, 4) is 0 Å². The molecule has 0 atom stereocenters. The van der Waals surface area contributed by atoms with E-state index in [2.05, 4.69) is 0 Å². The Labute approximate surface area is 129 Å². The third-order valence-electron chi connectivity index (χ3n) is 3.83. The molecule has 0 unspecified atom stereocenters. The molecule has 0 saturated carbocycles. The smallest absolute Gasteiger partial charge is 0.380 e. The van der Waals surface area contributed by atoms with Crippen LogP contribution in [0, 0.1) is 5.82 Å². The number of carbonyl (C=O) groups is 1. The van der Waals surface area contributed by atoms with Gasteiger partial charge in [-0.2, -0.15) is 13.2 Å². The number of likely N-dealkylation sites (tertiary alicyclic amines) is 1. The lowest BCUT2D eigenvalue weighted by Gasteiger charge is -2.39. The number of hydrogen-bond donors (Lipinski definition) is 1. The Bertz CT molecular complexity index is 568. The summed E-state index contributed by atoms with van der Waals surface area (Å²) >= 11 is 5.82. The summed E-state index contributed by atoms with van der Waals surface area (Å²) in [5.41, 5.74) is -2.33. The molecular weight excluding hydrogens is 326 g/mol. The lowest BCUT2D eigenvalue weighted by atomic mass is 9.90. The largest absolute Gasteiger partial charge is 0.417 e. The van der Waals surface area contributed by atoms with E-state index in [0.717, 1.165) is 12.1 Å². The van der Waals surface area contributed by atoms with Gasteiger partial charge in [0, 0.05) is 31.0 Å². The van der Waals surface area contributed by atoms with Crippen LogP contribution < -0.4 is 0 Å². The second-order valence-corrected chi connectivity index (χ2v) is 5.73. The summed E-state index contributed by atoms with van der Waals surface area (Å²) in [4.78, 5) is 13.3. The van der Waals surface area contributed by atoms with Gasteiger partial charge in [0.2, 0.25) is 5.91 Å². The minimum absolute atomic E-state index is 0.0946. The van der Waals surface area contributed by atoms with Crippen LogP contribution in [0.2, 0.25) is 5.02 Å². The Morgan fingerprint density at radius 2 is 1.91 bits per heavy atom. The number of carbonyl (C=O) groups excluding carboxylic acids is 1. The first kappa shape index (κ1) is 17.0. The van der Waals surface area contributed by atoms with Crippen LogP contribution in [0.15, 0.2) is 18.2 Å². The molecule has 0 aliphatic carbocycles. The molecule has 1 amide bonds. The van der Waals surface area contributed by atoms with Crippen LogP contribution in [0.4, 0.5) is 17.6 Å². The van der Waals surface area contributed by atoms with Crippen molar-refractivity contribution in [1.29, 1.82) is 0 Å². The maximum atomic E-state index is 12.9. The van der Waals surface area contributed by atoms with Gasteiger partial charge < -0.3 is 10.0 Å². The molecule has 1 aromatic rings. The topological polar surface area (TPSA) is 40.5 Å². The van der Waals surface area contributed by atoms with Gasteiger partial charge in [-0.1, -0.05) is 17.7 Å². The summed E-state index contributed by atoms with van der Waals surface area (Å²) in [6.07, 6.45) is -5.94. The number of rotatable bonds is 2. The predicted molar refractivity (Wildman–Crippen MR) is 71.9 cm³/mol. The van der Waals surface area contributed by atoms with E-state index < -0.39 is 36.3 Å². The Morgan fingerprint density at radius 1 is 1.32 bits per heavy atom. The summed E-state index contributed by atoms with van der Waals surface area (Å²) in [6.45, 7) is -0.374. The maximum absolute atomic E-state index is 12.9. The number of hydrogen-bond acceptors (Lipinski definition) is 2. The van der Waals surface area contributed by atoms with E-state index in [1.165, 1.54) is 11.0 Å². The summed E-state index contributed by atoms with van der Waals surface area (Å²) < 4.78 is 51.0. The number of nitrogens with zero attached hydrogens (tertiary/aromatic N) is 1. The Hall–Kier alpha value is -1.34. The van der Waals surface area contributed by atoms with Crippen molar-refractivity contribution >= 4 is 17.5 Å². The van der Waals surface area contributed by atoms with E-state index in [1.807, 2.05) is 0 Å². The van der Waals surface area contributed by atoms with Crippen LogP contribution in [0.1, 0.15) is 18.4 Å². The number of benzene rings is 1. The van der Waals surface area contributed by atoms with E-state index in [-0.39, 0.29) is 24.5 Å². The maximum Gasteiger partial charge on any atom is 0.417 e. The average Bonchev–Trinajstić information content (AvgIpc) is 2.41. The average molecular weight is 340 g/mol. The van der Waals surface area contributed by atoms with Crippen LogP contribution >= 0.6 is 11.6 Å². The monoisotopic (exact) mass is 339 g/mol. The number of aliphatic hydroxyl groups is 1. The van der Waals surface area contributed by atoms with E-state index in [0.29, 0.717) is 5.56 Å². The van der Waals surface area contributed by atoms with Crippen LogP contribution in [0.25, 0.3) is 0 Å². The van der Waals surface area contributed by atoms with Crippen molar-refractivity contribution in [2.24, 2.45) is 0 Å². The molecule has 1 aliphatic rings. The highest BCUT2D eigenvalue weighted by Crippen LogP contribution is 2.38. The van der Waals surface area contributed by atoms with Crippen molar-refractivity contribution in [3.05, 3.63) is 34.6 Å². The zero-order valence-corrected chi connectivity index (χ0v) is 12.2. The van der Waals surface area contributed by atoms with Gasteiger partial charge in [-0.3, -0.25) is 4.79 Å². The minimum atomic E-state index is -4.71. The molecule has 2 rings (SSSR count). The fourth-order valence-corrected chi connectivity index (χ4v) is 2.58. The molecule has 0 bridgehead atoms. The molecule has 1 aliphatic heterocycles. The number of piperidine rings is 1. The predicted octanol–water partition coefficient (Wildman–Crippen LogP) is 2.94. The Kier molecular flexibility index (Phi) is 4.67. The van der Waals surface area contributed by atoms with E-state index >= 15 is 0 Å². The van der Waals surface area contributed by atoms with Gasteiger partial charge in [0.15, 0.2) is 5.60 Å². The van der Waals surface area contributed by atoms with Crippen molar-refractivity contribution < 1.29 is 27.5 Å². The molecule has 3 nitrogen and oxygen atoms in total. The van der Waals surface area contributed by atoms with Gasteiger partial charge in [-0.25, -0.2) is 4.39 Å². The third-order valence-corrected chi connectivity index (χ3v) is 4.18. The molecule has 1 fully saturated rings. The summed E-state index contributed by atoms with van der Waals surface area (Å²) in [5, 5.41) is 9.64. The summed E-state index contributed by atoms with van der Waals surface area (Å²) in [6, 6.07) is 3.60. The molecular formula is C14H14ClF4NO2. The standard InChI is InChI=1S/C14H14ClF4NO2/c15-11-8-10(16)2-1-9(11)7-12(21)20-5-3-13(22,4-6-20)14(17,18)19/h1-2,8,22H,3-7H2. The molecule has 0 spiro atoms. The van der Waals surface area contributed by atoms with Crippen molar-refractivity contribution in [3.63, 3.8) is 0 Å². The molecule has 0 radical (unpaired) electrons. The lowest BCUT2D eigenvalue weighted by molar-refractivity contribution is -0.272. The minimum Gasteiger partial charge on any atom is -0.380 e. The first-order chi connectivity index (χ1) is 10.1. The molecule has 122 valence electrons. The molecule has 0 aromatic heterocycles. The third kappa shape index (κ3) is 3.52. The number of halogens is 5.